The molecule has 0 saturated heterocycles. The van der Waals surface area contributed by atoms with Crippen molar-refractivity contribution < 1.29 is 4.52 Å². The fourth-order valence-electron chi connectivity index (χ4n) is 2.06. The summed E-state index contributed by atoms with van der Waals surface area (Å²) in [5, 5.41) is 3.98. The van der Waals surface area contributed by atoms with Gasteiger partial charge in [-0.3, -0.25) is 4.98 Å². The number of para-hydroxylation sites is 1. The number of hydrogen-bond acceptors (Lipinski definition) is 5. The molecule has 0 aliphatic carbocycles. The van der Waals surface area contributed by atoms with E-state index in [-0.39, 0.29) is 5.88 Å². The third-order valence-electron chi connectivity index (χ3n) is 3.12. The molecule has 0 unspecified atom stereocenters. The van der Waals surface area contributed by atoms with Crippen molar-refractivity contribution in [1.29, 1.82) is 0 Å². The molecule has 2 heterocycles. The van der Waals surface area contributed by atoms with Crippen molar-refractivity contribution in [3.63, 3.8) is 0 Å². The van der Waals surface area contributed by atoms with Gasteiger partial charge in [-0.1, -0.05) is 23.4 Å². The molecule has 7 heteroatoms. The zero-order chi connectivity index (χ0) is 16.1. The highest BCUT2D eigenvalue weighted by atomic mass is 35.5. The molecular formula is C16H14ClN5O. The van der Waals surface area contributed by atoms with E-state index in [1.165, 1.54) is 0 Å². The van der Waals surface area contributed by atoms with Gasteiger partial charge >= 0.3 is 0 Å². The molecule has 0 bridgehead atoms. The monoisotopic (exact) mass is 327 g/mol. The lowest BCUT2D eigenvalue weighted by Gasteiger charge is -2.03. The highest BCUT2D eigenvalue weighted by molar-refractivity contribution is 6.28. The molecule has 0 fully saturated rings. The van der Waals surface area contributed by atoms with Gasteiger partial charge < -0.3 is 10.3 Å². The third-order valence-corrected chi connectivity index (χ3v) is 3.40. The van der Waals surface area contributed by atoms with Crippen LogP contribution in [0.1, 0.15) is 11.5 Å². The Kier molecular flexibility index (Phi) is 4.63. The molecule has 23 heavy (non-hydrogen) atoms. The van der Waals surface area contributed by atoms with Crippen molar-refractivity contribution in [2.75, 3.05) is 5.88 Å². The van der Waals surface area contributed by atoms with Gasteiger partial charge in [-0.2, -0.15) is 4.98 Å². The maximum absolute atomic E-state index is 5.71. The van der Waals surface area contributed by atoms with E-state index in [9.17, 15) is 0 Å². The number of nitrogens with two attached hydrogens (primary N) is 1. The van der Waals surface area contributed by atoms with Crippen LogP contribution in [0, 0.1) is 0 Å². The first kappa shape index (κ1) is 15.2. The average molecular weight is 328 g/mol. The van der Waals surface area contributed by atoms with Crippen molar-refractivity contribution in [2.24, 2.45) is 10.7 Å². The molecule has 0 saturated carbocycles. The van der Waals surface area contributed by atoms with Crippen molar-refractivity contribution in [3.05, 3.63) is 60.2 Å². The fourth-order valence-corrected chi connectivity index (χ4v) is 2.12. The fraction of sp³-hybridized carbons (Fsp3) is 0.125. The van der Waals surface area contributed by atoms with Crippen LogP contribution in [-0.2, 0) is 6.42 Å². The van der Waals surface area contributed by atoms with Crippen LogP contribution in [0.3, 0.4) is 0 Å². The number of rotatable bonds is 5. The largest absolute Gasteiger partial charge is 0.386 e. The molecule has 1 aromatic carbocycles. The number of halogens is 1. The summed E-state index contributed by atoms with van der Waals surface area (Å²) in [5.41, 5.74) is 8.19. The van der Waals surface area contributed by atoms with Crippen molar-refractivity contribution in [1.82, 2.24) is 15.1 Å². The first-order valence-electron chi connectivity index (χ1n) is 6.96. The molecule has 0 radical (unpaired) electrons. The summed E-state index contributed by atoms with van der Waals surface area (Å²) in [6.07, 6.45) is 3.84. The van der Waals surface area contributed by atoms with Gasteiger partial charge in [-0.15, -0.1) is 11.6 Å². The Bertz CT molecular complexity index is 816. The van der Waals surface area contributed by atoms with E-state index >= 15 is 0 Å². The summed E-state index contributed by atoms with van der Waals surface area (Å²) in [4.78, 5) is 12.7. The van der Waals surface area contributed by atoms with E-state index in [1.807, 2.05) is 36.4 Å². The lowest BCUT2D eigenvalue weighted by molar-refractivity contribution is 0.386. The molecule has 3 rings (SSSR count). The SMILES string of the molecule is NC(CCl)=Nc1ccccc1Cc1nc(-c2cccnc2)no1. The van der Waals surface area contributed by atoms with Crippen LogP contribution in [0.4, 0.5) is 5.69 Å². The smallest absolute Gasteiger partial charge is 0.231 e. The lowest BCUT2D eigenvalue weighted by atomic mass is 10.1. The summed E-state index contributed by atoms with van der Waals surface area (Å²) in [7, 11) is 0. The molecule has 0 aliphatic heterocycles. The topological polar surface area (TPSA) is 90.2 Å². The first-order chi connectivity index (χ1) is 11.3. The molecule has 0 atom stereocenters. The predicted octanol–water partition coefficient (Wildman–Crippen LogP) is 2.95. The first-order valence-corrected chi connectivity index (χ1v) is 7.49. The van der Waals surface area contributed by atoms with Gasteiger partial charge in [0.25, 0.3) is 0 Å². The quantitative estimate of drug-likeness (QED) is 0.442. The second kappa shape index (κ2) is 7.02. The van der Waals surface area contributed by atoms with E-state index in [2.05, 4.69) is 20.1 Å². The zero-order valence-corrected chi connectivity index (χ0v) is 12.9. The Morgan fingerprint density at radius 2 is 2.09 bits per heavy atom. The Morgan fingerprint density at radius 1 is 1.22 bits per heavy atom. The van der Waals surface area contributed by atoms with Crippen LogP contribution in [0.5, 0.6) is 0 Å². The van der Waals surface area contributed by atoms with E-state index in [1.54, 1.807) is 12.4 Å². The van der Waals surface area contributed by atoms with E-state index in [4.69, 9.17) is 21.9 Å². The van der Waals surface area contributed by atoms with Crippen LogP contribution >= 0.6 is 11.6 Å². The average Bonchev–Trinajstić information content (AvgIpc) is 3.06. The van der Waals surface area contributed by atoms with Crippen LogP contribution < -0.4 is 5.73 Å². The molecule has 2 N–H and O–H groups in total. The number of hydrogen-bond donors (Lipinski definition) is 1. The van der Waals surface area contributed by atoms with E-state index in [0.29, 0.717) is 24.0 Å². The standard InChI is InChI=1S/C16H14ClN5O/c17-9-14(18)20-13-6-2-1-4-11(13)8-15-21-16(22-23-15)12-5-3-7-19-10-12/h1-7,10H,8-9H2,(H2,18,20). The summed E-state index contributed by atoms with van der Waals surface area (Å²) >= 11 is 5.68. The van der Waals surface area contributed by atoms with Gasteiger partial charge in [0.1, 0.15) is 5.84 Å². The van der Waals surface area contributed by atoms with Crippen molar-refractivity contribution in [2.45, 2.75) is 6.42 Å². The third kappa shape index (κ3) is 3.73. The molecule has 2 aromatic heterocycles. The van der Waals surface area contributed by atoms with Gasteiger partial charge in [0.2, 0.25) is 11.7 Å². The van der Waals surface area contributed by atoms with Gasteiger partial charge in [-0.25, -0.2) is 4.99 Å². The number of aromatic nitrogens is 3. The zero-order valence-electron chi connectivity index (χ0n) is 12.2. The van der Waals surface area contributed by atoms with Crippen LogP contribution in [0.25, 0.3) is 11.4 Å². The second-order valence-corrected chi connectivity index (χ2v) is 5.06. The van der Waals surface area contributed by atoms with Gasteiger partial charge in [-0.05, 0) is 23.8 Å². The maximum atomic E-state index is 5.71. The van der Waals surface area contributed by atoms with Gasteiger partial charge in [0, 0.05) is 18.0 Å². The summed E-state index contributed by atoms with van der Waals surface area (Å²) in [5.74, 6) is 1.55. The highest BCUT2D eigenvalue weighted by Gasteiger charge is 2.11. The number of amidine groups is 1. The molecule has 0 aliphatic rings. The number of aliphatic imine (C=N–C) groups is 1. The predicted molar refractivity (Wildman–Crippen MR) is 88.8 cm³/mol. The summed E-state index contributed by atoms with van der Waals surface area (Å²) in [6.45, 7) is 0. The van der Waals surface area contributed by atoms with E-state index < -0.39 is 0 Å². The number of alkyl halides is 1. The van der Waals surface area contributed by atoms with E-state index in [0.717, 1.165) is 16.8 Å². The van der Waals surface area contributed by atoms with Crippen molar-refractivity contribution >= 4 is 23.1 Å². The number of pyridine rings is 1. The Labute approximate surface area is 138 Å². The minimum atomic E-state index is 0.181. The minimum Gasteiger partial charge on any atom is -0.386 e. The normalized spacial score (nSPS) is 11.6. The van der Waals surface area contributed by atoms with Gasteiger partial charge in [0.15, 0.2) is 0 Å². The second-order valence-electron chi connectivity index (χ2n) is 4.80. The molecule has 116 valence electrons. The molecule has 0 spiro atoms. The van der Waals surface area contributed by atoms with Crippen molar-refractivity contribution in [3.8, 4) is 11.4 Å². The van der Waals surface area contributed by atoms with Crippen LogP contribution in [0.2, 0.25) is 0 Å². The Hall–Kier alpha value is -2.73. The Morgan fingerprint density at radius 3 is 2.87 bits per heavy atom. The highest BCUT2D eigenvalue weighted by Crippen LogP contribution is 2.22. The number of nitrogens with zero attached hydrogens (tertiary/aromatic N) is 4. The van der Waals surface area contributed by atoms with Gasteiger partial charge in [0.05, 0.1) is 18.0 Å². The van der Waals surface area contributed by atoms with Crippen LogP contribution in [0.15, 0.2) is 58.3 Å². The Balaban J connectivity index is 1.85. The molecule has 6 nitrogen and oxygen atoms in total. The summed E-state index contributed by atoms with van der Waals surface area (Å²) in [6, 6.07) is 11.3. The lowest BCUT2D eigenvalue weighted by Crippen LogP contribution is -2.12. The van der Waals surface area contributed by atoms with Crippen LogP contribution in [-0.4, -0.2) is 26.8 Å². The summed E-state index contributed by atoms with van der Waals surface area (Å²) < 4.78 is 5.31. The number of benzene rings is 1. The molecule has 0 amide bonds. The molecular weight excluding hydrogens is 314 g/mol. The maximum Gasteiger partial charge on any atom is 0.231 e. The molecule has 3 aromatic rings. The minimum absolute atomic E-state index is 0.181.